The predicted octanol–water partition coefficient (Wildman–Crippen LogP) is 0.585. The maximum absolute atomic E-state index is 9.71. The second kappa shape index (κ2) is 5.35. The van der Waals surface area contributed by atoms with Crippen LogP contribution >= 0.6 is 0 Å². The van der Waals surface area contributed by atoms with Crippen molar-refractivity contribution in [3.05, 3.63) is 23.8 Å². The van der Waals surface area contributed by atoms with E-state index < -0.39 is 12.2 Å². The van der Waals surface area contributed by atoms with Gasteiger partial charge in [-0.1, -0.05) is 6.07 Å². The minimum absolute atomic E-state index is 0.132. The molecule has 0 heterocycles. The second-order valence-corrected chi connectivity index (χ2v) is 3.38. The molecule has 4 N–H and O–H groups in total. The number of nitrogen functional groups attached to an aromatic ring is 1. The molecule has 0 radical (unpaired) electrons. The van der Waals surface area contributed by atoms with Gasteiger partial charge in [-0.3, -0.25) is 0 Å². The first-order chi connectivity index (χ1) is 7.60. The van der Waals surface area contributed by atoms with Crippen molar-refractivity contribution in [3.63, 3.8) is 0 Å². The monoisotopic (exact) mass is 222 g/mol. The number of nitriles is 1. The highest BCUT2D eigenvalue weighted by Gasteiger charge is 2.18. The number of aliphatic hydroxyl groups excluding tert-OH is 2. The van der Waals surface area contributed by atoms with Crippen LogP contribution in [0.25, 0.3) is 0 Å². The molecule has 0 aromatic heterocycles. The summed E-state index contributed by atoms with van der Waals surface area (Å²) in [6.45, 7) is 0. The van der Waals surface area contributed by atoms with Gasteiger partial charge in [0, 0.05) is 0 Å². The zero-order valence-corrected chi connectivity index (χ0v) is 8.92. The number of benzene rings is 1. The lowest BCUT2D eigenvalue weighted by atomic mass is 10.0. The van der Waals surface area contributed by atoms with Gasteiger partial charge in [-0.15, -0.1) is 0 Å². The lowest BCUT2D eigenvalue weighted by Gasteiger charge is -2.16. The lowest BCUT2D eigenvalue weighted by molar-refractivity contribution is 0.0216. The van der Waals surface area contributed by atoms with E-state index in [2.05, 4.69) is 0 Å². The van der Waals surface area contributed by atoms with E-state index in [0.29, 0.717) is 17.0 Å². The van der Waals surface area contributed by atoms with Crippen molar-refractivity contribution in [2.45, 2.75) is 18.6 Å². The summed E-state index contributed by atoms with van der Waals surface area (Å²) in [7, 11) is 1.49. The molecule has 2 unspecified atom stereocenters. The third-order valence-corrected chi connectivity index (χ3v) is 2.26. The molecule has 1 aromatic rings. The molecule has 0 spiro atoms. The van der Waals surface area contributed by atoms with E-state index in [0.717, 1.165) is 0 Å². The van der Waals surface area contributed by atoms with Gasteiger partial charge in [-0.2, -0.15) is 5.26 Å². The smallest absolute Gasteiger partial charge is 0.141 e. The van der Waals surface area contributed by atoms with Gasteiger partial charge in [0.25, 0.3) is 0 Å². The molecule has 0 aliphatic rings. The van der Waals surface area contributed by atoms with Crippen molar-refractivity contribution in [2.24, 2.45) is 0 Å². The van der Waals surface area contributed by atoms with E-state index in [4.69, 9.17) is 15.7 Å². The van der Waals surface area contributed by atoms with Gasteiger partial charge < -0.3 is 20.7 Å². The molecule has 16 heavy (non-hydrogen) atoms. The fourth-order valence-electron chi connectivity index (χ4n) is 1.36. The topological polar surface area (TPSA) is 99.5 Å². The van der Waals surface area contributed by atoms with Crippen LogP contribution in [0.5, 0.6) is 5.75 Å². The van der Waals surface area contributed by atoms with Crippen LogP contribution in [0.15, 0.2) is 18.2 Å². The summed E-state index contributed by atoms with van der Waals surface area (Å²) < 4.78 is 4.97. The third kappa shape index (κ3) is 2.63. The first kappa shape index (κ1) is 12.3. The molecule has 1 aromatic carbocycles. The van der Waals surface area contributed by atoms with Crippen LogP contribution in [0.3, 0.4) is 0 Å². The highest BCUT2D eigenvalue weighted by molar-refractivity contribution is 5.54. The van der Waals surface area contributed by atoms with Crippen LogP contribution in [0.2, 0.25) is 0 Å². The number of methoxy groups -OCH3 is 1. The number of aliphatic hydroxyl groups is 2. The van der Waals surface area contributed by atoms with E-state index in [-0.39, 0.29) is 6.42 Å². The molecular weight excluding hydrogens is 208 g/mol. The highest BCUT2D eigenvalue weighted by Crippen LogP contribution is 2.27. The molecule has 0 saturated heterocycles. The van der Waals surface area contributed by atoms with Crippen LogP contribution in [0, 0.1) is 11.3 Å². The van der Waals surface area contributed by atoms with Gasteiger partial charge in [0.1, 0.15) is 11.9 Å². The summed E-state index contributed by atoms with van der Waals surface area (Å²) in [4.78, 5) is 0. The van der Waals surface area contributed by atoms with Crippen LogP contribution < -0.4 is 10.5 Å². The first-order valence-corrected chi connectivity index (χ1v) is 4.76. The zero-order valence-electron chi connectivity index (χ0n) is 8.92. The van der Waals surface area contributed by atoms with Crippen molar-refractivity contribution in [3.8, 4) is 11.8 Å². The van der Waals surface area contributed by atoms with Crippen molar-refractivity contribution in [2.75, 3.05) is 12.8 Å². The number of hydrogen-bond donors (Lipinski definition) is 3. The Morgan fingerprint density at radius 2 is 2.19 bits per heavy atom. The molecule has 0 bridgehead atoms. The fourth-order valence-corrected chi connectivity index (χ4v) is 1.36. The molecule has 5 heteroatoms. The van der Waals surface area contributed by atoms with E-state index in [1.165, 1.54) is 13.2 Å². The number of nitrogens with two attached hydrogens (primary N) is 1. The Morgan fingerprint density at radius 3 is 2.69 bits per heavy atom. The van der Waals surface area contributed by atoms with Gasteiger partial charge in [0.05, 0.1) is 31.4 Å². The van der Waals surface area contributed by atoms with Gasteiger partial charge in [0.2, 0.25) is 0 Å². The Kier molecular flexibility index (Phi) is 4.11. The van der Waals surface area contributed by atoms with E-state index in [9.17, 15) is 10.2 Å². The SMILES string of the molecule is COc1ccc(C(O)C(O)CC#N)cc1N. The Morgan fingerprint density at radius 1 is 1.50 bits per heavy atom. The molecular formula is C11H14N2O3. The molecule has 5 nitrogen and oxygen atoms in total. The van der Waals surface area contributed by atoms with Crippen LogP contribution in [-0.2, 0) is 0 Å². The van der Waals surface area contributed by atoms with E-state index >= 15 is 0 Å². The maximum atomic E-state index is 9.71. The Hall–Kier alpha value is -1.77. The minimum Gasteiger partial charge on any atom is -0.495 e. The Balaban J connectivity index is 2.89. The standard InChI is InChI=1S/C11H14N2O3/c1-16-10-3-2-7(6-8(10)13)11(15)9(14)4-5-12/h2-3,6,9,11,14-15H,4,13H2,1H3. The zero-order chi connectivity index (χ0) is 12.1. The summed E-state index contributed by atoms with van der Waals surface area (Å²) >= 11 is 0. The van der Waals surface area contributed by atoms with E-state index in [1.807, 2.05) is 0 Å². The fraction of sp³-hybridized carbons (Fsp3) is 0.364. The molecule has 0 fully saturated rings. The van der Waals surface area contributed by atoms with Gasteiger partial charge >= 0.3 is 0 Å². The molecule has 0 aliphatic heterocycles. The molecule has 0 amide bonds. The molecule has 2 atom stereocenters. The normalized spacial score (nSPS) is 13.9. The third-order valence-electron chi connectivity index (χ3n) is 2.26. The number of nitrogens with zero attached hydrogens (tertiary/aromatic N) is 1. The van der Waals surface area contributed by atoms with Crippen LogP contribution in [-0.4, -0.2) is 23.4 Å². The van der Waals surface area contributed by atoms with Crippen molar-refractivity contribution < 1.29 is 14.9 Å². The highest BCUT2D eigenvalue weighted by atomic mass is 16.5. The summed E-state index contributed by atoms with van der Waals surface area (Å²) in [6, 6.07) is 6.51. The van der Waals surface area contributed by atoms with Crippen molar-refractivity contribution >= 4 is 5.69 Å². The van der Waals surface area contributed by atoms with Gasteiger partial charge in [-0.25, -0.2) is 0 Å². The average molecular weight is 222 g/mol. The van der Waals surface area contributed by atoms with Crippen molar-refractivity contribution in [1.82, 2.24) is 0 Å². The first-order valence-electron chi connectivity index (χ1n) is 4.76. The minimum atomic E-state index is -1.12. The molecule has 0 saturated carbocycles. The predicted molar refractivity (Wildman–Crippen MR) is 58.6 cm³/mol. The molecule has 1 rings (SSSR count). The van der Waals surface area contributed by atoms with E-state index in [1.54, 1.807) is 18.2 Å². The quantitative estimate of drug-likeness (QED) is 0.647. The summed E-state index contributed by atoms with van der Waals surface area (Å²) in [5.41, 5.74) is 6.50. The molecule has 0 aliphatic carbocycles. The second-order valence-electron chi connectivity index (χ2n) is 3.38. The average Bonchev–Trinajstić information content (AvgIpc) is 2.28. The Labute approximate surface area is 93.7 Å². The number of rotatable bonds is 4. The largest absolute Gasteiger partial charge is 0.495 e. The number of hydrogen-bond acceptors (Lipinski definition) is 5. The van der Waals surface area contributed by atoms with Gasteiger partial charge in [0.15, 0.2) is 0 Å². The van der Waals surface area contributed by atoms with Crippen LogP contribution in [0.1, 0.15) is 18.1 Å². The maximum Gasteiger partial charge on any atom is 0.141 e. The van der Waals surface area contributed by atoms with Crippen molar-refractivity contribution in [1.29, 1.82) is 5.26 Å². The summed E-state index contributed by atoms with van der Waals surface area (Å²) in [5.74, 6) is 0.505. The number of ether oxygens (including phenoxy) is 1. The number of anilines is 1. The lowest BCUT2D eigenvalue weighted by Crippen LogP contribution is -2.17. The summed E-state index contributed by atoms with van der Waals surface area (Å²) in [6.07, 6.45) is -2.36. The molecule has 86 valence electrons. The summed E-state index contributed by atoms with van der Waals surface area (Å²) in [5, 5.41) is 27.6. The van der Waals surface area contributed by atoms with Crippen LogP contribution in [0.4, 0.5) is 5.69 Å². The van der Waals surface area contributed by atoms with Gasteiger partial charge in [-0.05, 0) is 17.7 Å². The Bertz CT molecular complexity index is 401.